The maximum atomic E-state index is 4.93. The van der Waals surface area contributed by atoms with E-state index < -0.39 is 20.8 Å². The van der Waals surface area contributed by atoms with Crippen LogP contribution in [0.15, 0.2) is 18.2 Å². The molecule has 0 aliphatic rings. The Labute approximate surface area is 129 Å². The van der Waals surface area contributed by atoms with E-state index in [-0.39, 0.29) is 0 Å². The topological polar surface area (TPSA) is 0 Å². The second-order valence-corrected chi connectivity index (χ2v) is 8.67. The van der Waals surface area contributed by atoms with Crippen LogP contribution in [0, 0.1) is 20.8 Å². The molecule has 0 fully saturated rings. The summed E-state index contributed by atoms with van der Waals surface area (Å²) in [4.78, 5) is 0. The first-order chi connectivity index (χ1) is 8.43. The van der Waals surface area contributed by atoms with Gasteiger partial charge in [-0.2, -0.15) is 5.56 Å². The standard InChI is InChI=1S/C15H19.2ClH.Zr/c1-9(2)13-7-6-10(3)14-8-11(4)12(5)15(13)14;;;/h6-9H,1-5H3;2*1H;/q-1;;;+2/p-2. The summed E-state index contributed by atoms with van der Waals surface area (Å²) in [5, 5.41) is 2.93. The molecule has 0 N–H and O–H groups in total. The van der Waals surface area contributed by atoms with E-state index in [4.69, 9.17) is 17.0 Å². The Kier molecular flexibility index (Phi) is 6.52. The Morgan fingerprint density at radius 3 is 2.17 bits per heavy atom. The Morgan fingerprint density at radius 2 is 1.67 bits per heavy atom. The molecule has 0 atom stereocenters. The predicted octanol–water partition coefficient (Wildman–Crippen LogP) is 5.98. The Balaban J connectivity index is 0.000000492. The normalized spacial score (nSPS) is 10.4. The molecule has 2 rings (SSSR count). The van der Waals surface area contributed by atoms with Gasteiger partial charge in [-0.25, -0.2) is 0 Å². The molecular formula is C15H19Cl2Zr-. The van der Waals surface area contributed by atoms with Crippen LogP contribution in [0.2, 0.25) is 0 Å². The van der Waals surface area contributed by atoms with E-state index in [0.29, 0.717) is 5.92 Å². The first-order valence-electron chi connectivity index (χ1n) is 6.06. The van der Waals surface area contributed by atoms with Gasteiger partial charge in [0.15, 0.2) is 0 Å². The number of aryl methyl sites for hydroxylation is 3. The van der Waals surface area contributed by atoms with E-state index in [1.165, 1.54) is 33.0 Å². The van der Waals surface area contributed by atoms with Crippen molar-refractivity contribution in [1.29, 1.82) is 0 Å². The van der Waals surface area contributed by atoms with Gasteiger partial charge in [-0.3, -0.25) is 0 Å². The third kappa shape index (κ3) is 3.44. The Hall–Kier alpha value is 0.293. The van der Waals surface area contributed by atoms with Crippen LogP contribution >= 0.6 is 17.0 Å². The van der Waals surface area contributed by atoms with Gasteiger partial charge in [0.2, 0.25) is 0 Å². The number of rotatable bonds is 1. The van der Waals surface area contributed by atoms with Crippen molar-refractivity contribution >= 4 is 27.8 Å². The molecular weight excluding hydrogens is 342 g/mol. The molecule has 18 heavy (non-hydrogen) atoms. The molecule has 2 aromatic rings. The van der Waals surface area contributed by atoms with Crippen LogP contribution in [0.3, 0.4) is 0 Å². The van der Waals surface area contributed by atoms with E-state index in [9.17, 15) is 0 Å². The van der Waals surface area contributed by atoms with Gasteiger partial charge in [0.1, 0.15) is 0 Å². The molecule has 0 aromatic heterocycles. The van der Waals surface area contributed by atoms with Gasteiger partial charge in [0, 0.05) is 0 Å². The quantitative estimate of drug-likeness (QED) is 0.548. The minimum atomic E-state index is -0.826. The van der Waals surface area contributed by atoms with Crippen molar-refractivity contribution in [2.24, 2.45) is 0 Å². The number of hydrogen-bond donors (Lipinski definition) is 0. The zero-order valence-electron chi connectivity index (χ0n) is 11.6. The van der Waals surface area contributed by atoms with E-state index in [1.54, 1.807) is 0 Å². The number of fused-ring (bicyclic) bond motifs is 1. The summed E-state index contributed by atoms with van der Waals surface area (Å²) in [5.41, 5.74) is 5.76. The summed E-state index contributed by atoms with van der Waals surface area (Å²) in [6.07, 6.45) is 0. The van der Waals surface area contributed by atoms with Crippen LogP contribution in [0.4, 0.5) is 0 Å². The van der Waals surface area contributed by atoms with E-state index in [0.717, 1.165) is 0 Å². The van der Waals surface area contributed by atoms with Gasteiger partial charge in [-0.1, -0.05) is 46.2 Å². The molecule has 2 aromatic carbocycles. The molecule has 0 unspecified atom stereocenters. The number of benzene rings is 1. The van der Waals surface area contributed by atoms with Crippen LogP contribution in [0.5, 0.6) is 0 Å². The Morgan fingerprint density at radius 1 is 1.11 bits per heavy atom. The molecule has 0 saturated carbocycles. The molecule has 0 saturated heterocycles. The average molecular weight is 361 g/mol. The van der Waals surface area contributed by atoms with E-state index in [1.807, 2.05) is 0 Å². The zero-order chi connectivity index (χ0) is 13.9. The van der Waals surface area contributed by atoms with Crippen molar-refractivity contribution in [2.45, 2.75) is 40.5 Å². The van der Waals surface area contributed by atoms with Gasteiger partial charge in [0.05, 0.1) is 0 Å². The van der Waals surface area contributed by atoms with Crippen molar-refractivity contribution in [3.05, 3.63) is 40.5 Å². The van der Waals surface area contributed by atoms with Gasteiger partial charge >= 0.3 is 37.9 Å². The van der Waals surface area contributed by atoms with Gasteiger partial charge in [0.25, 0.3) is 0 Å². The molecule has 0 amide bonds. The molecule has 0 radical (unpaired) electrons. The van der Waals surface area contributed by atoms with Crippen molar-refractivity contribution in [2.75, 3.05) is 0 Å². The monoisotopic (exact) mass is 359 g/mol. The average Bonchev–Trinajstić information content (AvgIpc) is 2.59. The second-order valence-electron chi connectivity index (χ2n) is 4.94. The molecule has 0 nitrogen and oxygen atoms in total. The third-order valence-electron chi connectivity index (χ3n) is 3.45. The zero-order valence-corrected chi connectivity index (χ0v) is 15.5. The fraction of sp³-hybridized carbons (Fsp3) is 0.400. The SMILES string of the molecule is Cc1[cH-]c2c(C)ccc(C(C)C)c2c1C.[Cl][Zr][Cl]. The molecule has 0 aliphatic carbocycles. The number of halogens is 2. The summed E-state index contributed by atoms with van der Waals surface area (Å²) in [6.45, 7) is 11.2. The van der Waals surface area contributed by atoms with E-state index >= 15 is 0 Å². The fourth-order valence-electron chi connectivity index (χ4n) is 2.35. The van der Waals surface area contributed by atoms with Gasteiger partial charge in [-0.15, -0.1) is 34.0 Å². The van der Waals surface area contributed by atoms with Crippen molar-refractivity contribution in [3.63, 3.8) is 0 Å². The van der Waals surface area contributed by atoms with Crippen molar-refractivity contribution in [1.82, 2.24) is 0 Å². The molecule has 0 aliphatic heterocycles. The fourth-order valence-corrected chi connectivity index (χ4v) is 2.35. The Bertz CT molecular complexity index is 527. The summed E-state index contributed by atoms with van der Waals surface area (Å²) >= 11 is -0.826. The summed E-state index contributed by atoms with van der Waals surface area (Å²) < 4.78 is 0. The summed E-state index contributed by atoms with van der Waals surface area (Å²) in [5.74, 6) is 0.605. The van der Waals surface area contributed by atoms with Crippen LogP contribution < -0.4 is 0 Å². The molecule has 98 valence electrons. The van der Waals surface area contributed by atoms with Gasteiger partial charge in [-0.05, 0) is 5.92 Å². The van der Waals surface area contributed by atoms with Crippen LogP contribution in [0.1, 0.15) is 42.0 Å². The summed E-state index contributed by atoms with van der Waals surface area (Å²) in [7, 11) is 9.87. The molecule has 0 bridgehead atoms. The van der Waals surface area contributed by atoms with E-state index in [2.05, 4.69) is 52.8 Å². The van der Waals surface area contributed by atoms with Gasteiger partial charge < -0.3 is 0 Å². The number of hydrogen-bond acceptors (Lipinski definition) is 0. The first-order valence-corrected chi connectivity index (χ1v) is 12.4. The molecule has 0 spiro atoms. The minimum absolute atomic E-state index is 0.605. The maximum absolute atomic E-state index is 4.93. The third-order valence-corrected chi connectivity index (χ3v) is 3.45. The second kappa shape index (κ2) is 7.18. The van der Waals surface area contributed by atoms with Crippen molar-refractivity contribution < 1.29 is 20.8 Å². The van der Waals surface area contributed by atoms with Crippen LogP contribution in [0.25, 0.3) is 10.8 Å². The first kappa shape index (κ1) is 16.3. The predicted molar refractivity (Wildman–Crippen MR) is 79.5 cm³/mol. The van der Waals surface area contributed by atoms with Crippen LogP contribution in [-0.4, -0.2) is 0 Å². The summed E-state index contributed by atoms with van der Waals surface area (Å²) in [6, 6.07) is 6.86. The molecule has 3 heteroatoms. The van der Waals surface area contributed by atoms with Crippen molar-refractivity contribution in [3.8, 4) is 0 Å². The van der Waals surface area contributed by atoms with Crippen LogP contribution in [-0.2, 0) is 20.8 Å². The molecule has 0 heterocycles.